The van der Waals surface area contributed by atoms with Crippen LogP contribution in [-0.2, 0) is 0 Å². The number of aromatic nitrogens is 2. The molecule has 1 N–H and O–H groups in total. The topological polar surface area (TPSA) is 58.1 Å². The second kappa shape index (κ2) is 7.53. The van der Waals surface area contributed by atoms with Gasteiger partial charge in [0.05, 0.1) is 5.69 Å². The molecule has 0 bridgehead atoms. The lowest BCUT2D eigenvalue weighted by atomic mass is 10.0. The molecule has 1 amide bonds. The van der Waals surface area contributed by atoms with E-state index in [2.05, 4.69) is 15.3 Å². The second-order valence-corrected chi connectivity index (χ2v) is 6.59. The fourth-order valence-electron chi connectivity index (χ4n) is 2.81. The molecule has 0 atom stereocenters. The van der Waals surface area contributed by atoms with E-state index in [-0.39, 0.29) is 11.7 Å². The van der Waals surface area contributed by atoms with E-state index in [0.29, 0.717) is 22.8 Å². The zero-order chi connectivity index (χ0) is 19.6. The summed E-state index contributed by atoms with van der Waals surface area (Å²) in [4.78, 5) is 23.3. The van der Waals surface area contributed by atoms with Crippen LogP contribution in [0.3, 0.4) is 0 Å². The maximum atomic E-state index is 13.2. The summed E-state index contributed by atoms with van der Waals surface area (Å²) in [5.41, 5.74) is 4.58. The second-order valence-electron chi connectivity index (χ2n) is 6.59. The van der Waals surface area contributed by atoms with Gasteiger partial charge in [0.2, 0.25) is 0 Å². The van der Waals surface area contributed by atoms with Gasteiger partial charge in [0.15, 0.2) is 5.82 Å². The van der Waals surface area contributed by atoms with Gasteiger partial charge in [-0.05, 0) is 49.7 Å². The first-order chi connectivity index (χ1) is 12.9. The molecule has 1 heterocycles. The Morgan fingerprint density at radius 3 is 2.41 bits per heavy atom. The summed E-state index contributed by atoms with van der Waals surface area (Å²) < 4.78 is 13.2. The molecule has 0 saturated heterocycles. The monoisotopic (exact) mass is 364 g/mol. The Balaban J connectivity index is 2.11. The molecule has 0 fully saturated rings. The molecule has 0 spiro atoms. The molecule has 5 nitrogen and oxygen atoms in total. The first kappa shape index (κ1) is 18.5. The molecule has 0 saturated carbocycles. The highest BCUT2D eigenvalue weighted by atomic mass is 19.1. The Morgan fingerprint density at radius 2 is 1.74 bits per heavy atom. The number of hydrogen-bond donors (Lipinski definition) is 1. The van der Waals surface area contributed by atoms with E-state index in [9.17, 15) is 9.18 Å². The van der Waals surface area contributed by atoms with Crippen LogP contribution in [0.4, 0.5) is 15.9 Å². The minimum absolute atomic E-state index is 0.348. The lowest BCUT2D eigenvalue weighted by Gasteiger charge is -2.20. The number of halogens is 1. The molecule has 27 heavy (non-hydrogen) atoms. The van der Waals surface area contributed by atoms with Crippen LogP contribution in [0.25, 0.3) is 11.3 Å². The third-order valence-electron chi connectivity index (χ3n) is 4.24. The Hall–Kier alpha value is -3.28. The molecule has 138 valence electrons. The van der Waals surface area contributed by atoms with Crippen molar-refractivity contribution in [1.82, 2.24) is 9.97 Å². The van der Waals surface area contributed by atoms with Crippen molar-refractivity contribution in [3.63, 3.8) is 0 Å². The van der Waals surface area contributed by atoms with Crippen LogP contribution in [-0.4, -0.2) is 30.0 Å². The van der Waals surface area contributed by atoms with Crippen molar-refractivity contribution in [2.75, 3.05) is 24.3 Å². The highest BCUT2D eigenvalue weighted by Gasteiger charge is 2.19. The predicted octanol–water partition coefficient (Wildman–Crippen LogP) is 4.22. The summed E-state index contributed by atoms with van der Waals surface area (Å²) >= 11 is 0. The van der Waals surface area contributed by atoms with E-state index in [1.165, 1.54) is 30.6 Å². The number of nitrogens with one attached hydrogen (secondary N) is 1. The predicted molar refractivity (Wildman–Crippen MR) is 106 cm³/mol. The third kappa shape index (κ3) is 3.95. The molecule has 1 aromatic heterocycles. The van der Waals surface area contributed by atoms with Gasteiger partial charge < -0.3 is 10.2 Å². The molecule has 0 aliphatic carbocycles. The number of rotatable bonds is 4. The van der Waals surface area contributed by atoms with Crippen molar-refractivity contribution in [2.24, 2.45) is 0 Å². The quantitative estimate of drug-likeness (QED) is 0.753. The number of amides is 1. The average molecular weight is 364 g/mol. The van der Waals surface area contributed by atoms with Gasteiger partial charge in [-0.3, -0.25) is 4.79 Å². The lowest BCUT2D eigenvalue weighted by Crippen LogP contribution is -2.19. The number of hydrogen-bond acceptors (Lipinski definition) is 4. The summed E-state index contributed by atoms with van der Waals surface area (Å²) in [6.45, 7) is 4.01. The van der Waals surface area contributed by atoms with Crippen LogP contribution in [0.15, 0.2) is 48.8 Å². The fourth-order valence-corrected chi connectivity index (χ4v) is 2.81. The number of benzene rings is 2. The van der Waals surface area contributed by atoms with Gasteiger partial charge >= 0.3 is 0 Å². The largest absolute Gasteiger partial charge is 0.361 e. The first-order valence-electron chi connectivity index (χ1n) is 8.53. The van der Waals surface area contributed by atoms with Crippen molar-refractivity contribution in [3.05, 3.63) is 71.3 Å². The zero-order valence-electron chi connectivity index (χ0n) is 15.7. The van der Waals surface area contributed by atoms with Gasteiger partial charge in [0.25, 0.3) is 5.91 Å². The summed E-state index contributed by atoms with van der Waals surface area (Å²) in [7, 11) is 3.70. The average Bonchev–Trinajstić information content (AvgIpc) is 2.64. The van der Waals surface area contributed by atoms with E-state index in [4.69, 9.17) is 0 Å². The number of aryl methyl sites for hydroxylation is 2. The summed E-state index contributed by atoms with van der Waals surface area (Å²) in [6, 6.07) is 11.5. The number of anilines is 2. The van der Waals surface area contributed by atoms with Crippen LogP contribution in [0.1, 0.15) is 21.5 Å². The van der Waals surface area contributed by atoms with Crippen LogP contribution in [0.2, 0.25) is 0 Å². The van der Waals surface area contributed by atoms with Crippen molar-refractivity contribution in [2.45, 2.75) is 13.8 Å². The van der Waals surface area contributed by atoms with Crippen molar-refractivity contribution >= 4 is 17.4 Å². The highest BCUT2D eigenvalue weighted by Crippen LogP contribution is 2.34. The summed E-state index contributed by atoms with van der Waals surface area (Å²) in [6.07, 6.45) is 1.49. The first-order valence-corrected chi connectivity index (χ1v) is 8.53. The Labute approximate surface area is 157 Å². The van der Waals surface area contributed by atoms with Gasteiger partial charge in [0.1, 0.15) is 17.8 Å². The van der Waals surface area contributed by atoms with Crippen LogP contribution in [0.5, 0.6) is 0 Å². The SMILES string of the molecule is Cc1ccc(C)c(-c2ncnc(N(C)C)c2NC(=O)c2ccc(F)cc2)c1. The summed E-state index contributed by atoms with van der Waals surface area (Å²) in [5, 5.41) is 2.91. The molecule has 0 unspecified atom stereocenters. The van der Waals surface area contributed by atoms with E-state index in [1.54, 1.807) is 0 Å². The van der Waals surface area contributed by atoms with Gasteiger partial charge in [-0.25, -0.2) is 14.4 Å². The molecule has 2 aromatic carbocycles. The maximum Gasteiger partial charge on any atom is 0.255 e. The molecular weight excluding hydrogens is 343 g/mol. The van der Waals surface area contributed by atoms with Gasteiger partial charge in [-0.2, -0.15) is 0 Å². The smallest absolute Gasteiger partial charge is 0.255 e. The van der Waals surface area contributed by atoms with Crippen LogP contribution >= 0.6 is 0 Å². The van der Waals surface area contributed by atoms with Gasteiger partial charge in [0, 0.05) is 25.2 Å². The highest BCUT2D eigenvalue weighted by molar-refractivity contribution is 6.07. The molecule has 3 aromatic rings. The molecule has 0 aliphatic rings. The molecule has 0 radical (unpaired) electrons. The van der Waals surface area contributed by atoms with E-state index in [0.717, 1.165) is 16.7 Å². The normalized spacial score (nSPS) is 10.6. The zero-order valence-corrected chi connectivity index (χ0v) is 15.7. The van der Waals surface area contributed by atoms with Gasteiger partial charge in [-0.15, -0.1) is 0 Å². The number of carbonyl (C=O) groups excluding carboxylic acids is 1. The van der Waals surface area contributed by atoms with Crippen LogP contribution < -0.4 is 10.2 Å². The Kier molecular flexibility index (Phi) is 5.16. The Bertz CT molecular complexity index is 984. The van der Waals surface area contributed by atoms with Crippen molar-refractivity contribution < 1.29 is 9.18 Å². The van der Waals surface area contributed by atoms with E-state index < -0.39 is 0 Å². The lowest BCUT2D eigenvalue weighted by molar-refractivity contribution is 0.102. The van der Waals surface area contributed by atoms with Crippen molar-refractivity contribution in [1.29, 1.82) is 0 Å². The van der Waals surface area contributed by atoms with E-state index in [1.807, 2.05) is 51.0 Å². The standard InChI is InChI=1S/C21H21FN4O/c1-13-5-6-14(2)17(11-13)18-19(20(26(3)4)24-12-23-18)25-21(27)15-7-9-16(22)10-8-15/h5-12H,1-4H3,(H,25,27). The molecule has 0 aliphatic heterocycles. The minimum Gasteiger partial charge on any atom is -0.361 e. The number of nitrogens with zero attached hydrogens (tertiary/aromatic N) is 3. The fraction of sp³-hybridized carbons (Fsp3) is 0.190. The van der Waals surface area contributed by atoms with Crippen LogP contribution in [0, 0.1) is 19.7 Å². The summed E-state index contributed by atoms with van der Waals surface area (Å²) in [5.74, 6) is -0.143. The van der Waals surface area contributed by atoms with E-state index >= 15 is 0 Å². The number of carbonyl (C=O) groups is 1. The van der Waals surface area contributed by atoms with Crippen molar-refractivity contribution in [3.8, 4) is 11.3 Å². The maximum absolute atomic E-state index is 13.2. The van der Waals surface area contributed by atoms with Gasteiger partial charge in [-0.1, -0.05) is 17.7 Å². The molecule has 6 heteroatoms. The molecule has 3 rings (SSSR count). The molecular formula is C21H21FN4O. The Morgan fingerprint density at radius 1 is 1.04 bits per heavy atom. The minimum atomic E-state index is -0.389. The third-order valence-corrected chi connectivity index (χ3v) is 4.24.